The first-order valence-electron chi connectivity index (χ1n) is 4.65. The van der Waals surface area contributed by atoms with Gasteiger partial charge in [-0.25, -0.2) is 9.97 Å². The van der Waals surface area contributed by atoms with Crippen LogP contribution < -0.4 is 10.6 Å². The average Bonchev–Trinajstić information content (AvgIpc) is 2.93. The first-order chi connectivity index (χ1) is 6.68. The van der Waals surface area contributed by atoms with Crippen molar-refractivity contribution in [3.8, 4) is 0 Å². The van der Waals surface area contributed by atoms with Crippen molar-refractivity contribution in [1.29, 1.82) is 0 Å². The summed E-state index contributed by atoms with van der Waals surface area (Å²) in [6.45, 7) is 0.996. The molecule has 0 amide bonds. The van der Waals surface area contributed by atoms with E-state index in [1.54, 1.807) is 0 Å². The molecule has 1 aromatic heterocycles. The molecule has 1 aliphatic rings. The maximum Gasteiger partial charge on any atom is 0.152 e. The predicted molar refractivity (Wildman–Crippen MR) is 57.4 cm³/mol. The maximum atomic E-state index is 6.00. The van der Waals surface area contributed by atoms with Gasteiger partial charge in [0.2, 0.25) is 0 Å². The van der Waals surface area contributed by atoms with E-state index in [4.69, 9.17) is 17.3 Å². The fourth-order valence-electron chi connectivity index (χ4n) is 1.41. The Morgan fingerprint density at radius 1 is 1.57 bits per heavy atom. The molecule has 2 N–H and O–H groups in total. The normalized spacial score (nSPS) is 15.6. The number of anilines is 2. The molecule has 0 aliphatic heterocycles. The molecule has 4 nitrogen and oxygen atoms in total. The zero-order valence-electron chi connectivity index (χ0n) is 8.07. The van der Waals surface area contributed by atoms with E-state index in [1.165, 1.54) is 19.2 Å². The molecule has 5 heteroatoms. The summed E-state index contributed by atoms with van der Waals surface area (Å²) in [5, 5.41) is 0.454. The fraction of sp³-hybridized carbons (Fsp3) is 0.556. The third-order valence-electron chi connectivity index (χ3n) is 2.39. The molecule has 0 unspecified atom stereocenters. The summed E-state index contributed by atoms with van der Waals surface area (Å²) in [6.07, 6.45) is 4.06. The van der Waals surface area contributed by atoms with Gasteiger partial charge in [-0.15, -0.1) is 0 Å². The number of halogens is 1. The number of rotatable bonds is 3. The molecule has 76 valence electrons. The van der Waals surface area contributed by atoms with E-state index in [0.717, 1.165) is 18.3 Å². The van der Waals surface area contributed by atoms with E-state index < -0.39 is 0 Å². The van der Waals surface area contributed by atoms with Crippen molar-refractivity contribution >= 4 is 23.2 Å². The van der Waals surface area contributed by atoms with Gasteiger partial charge in [0.15, 0.2) is 5.82 Å². The predicted octanol–water partition coefficient (Wildman–Crippen LogP) is 1.56. The standard InChI is InChI=1S/C9H13ClN4/c1-14(4-6-2-3-6)9-7(10)8(11)12-5-13-9/h5-6H,2-4H2,1H3,(H2,11,12,13). The Hall–Kier alpha value is -1.03. The van der Waals surface area contributed by atoms with E-state index >= 15 is 0 Å². The lowest BCUT2D eigenvalue weighted by molar-refractivity contribution is 0.776. The molecule has 0 atom stereocenters. The molecule has 0 spiro atoms. The molecule has 14 heavy (non-hydrogen) atoms. The fourth-order valence-corrected chi connectivity index (χ4v) is 1.66. The van der Waals surface area contributed by atoms with Crippen molar-refractivity contribution in [2.24, 2.45) is 5.92 Å². The zero-order chi connectivity index (χ0) is 10.1. The van der Waals surface area contributed by atoms with Crippen LogP contribution in [-0.2, 0) is 0 Å². The SMILES string of the molecule is CN(CC1CC1)c1ncnc(N)c1Cl. The molecule has 0 saturated heterocycles. The Morgan fingerprint density at radius 2 is 2.29 bits per heavy atom. The summed E-state index contributed by atoms with van der Waals surface area (Å²) >= 11 is 6.00. The Labute approximate surface area is 88.1 Å². The third-order valence-corrected chi connectivity index (χ3v) is 2.75. The second-order valence-corrected chi connectivity index (χ2v) is 4.10. The first-order valence-corrected chi connectivity index (χ1v) is 5.03. The highest BCUT2D eigenvalue weighted by Crippen LogP contribution is 2.33. The van der Waals surface area contributed by atoms with Gasteiger partial charge in [-0.3, -0.25) is 0 Å². The summed E-state index contributed by atoms with van der Waals surface area (Å²) in [7, 11) is 1.98. The highest BCUT2D eigenvalue weighted by Gasteiger charge is 2.24. The van der Waals surface area contributed by atoms with Gasteiger partial charge in [-0.1, -0.05) is 11.6 Å². The van der Waals surface area contributed by atoms with Crippen LogP contribution in [0.25, 0.3) is 0 Å². The smallest absolute Gasteiger partial charge is 0.152 e. The molecule has 0 aromatic carbocycles. The number of hydrogen-bond acceptors (Lipinski definition) is 4. The van der Waals surface area contributed by atoms with E-state index in [2.05, 4.69) is 9.97 Å². The number of nitrogens with two attached hydrogens (primary N) is 1. The lowest BCUT2D eigenvalue weighted by Gasteiger charge is -2.18. The molecule has 1 aromatic rings. The Morgan fingerprint density at radius 3 is 2.93 bits per heavy atom. The van der Waals surface area contributed by atoms with Crippen LogP contribution in [0.5, 0.6) is 0 Å². The third kappa shape index (κ3) is 1.90. The molecule has 2 rings (SSSR count). The summed E-state index contributed by atoms with van der Waals surface area (Å²) in [4.78, 5) is 9.99. The monoisotopic (exact) mass is 212 g/mol. The highest BCUT2D eigenvalue weighted by atomic mass is 35.5. The summed E-state index contributed by atoms with van der Waals surface area (Å²) in [6, 6.07) is 0. The van der Waals surface area contributed by atoms with E-state index in [0.29, 0.717) is 10.8 Å². The average molecular weight is 213 g/mol. The Balaban J connectivity index is 2.16. The Kier molecular flexibility index (Phi) is 2.46. The van der Waals surface area contributed by atoms with E-state index in [9.17, 15) is 0 Å². The van der Waals surface area contributed by atoms with Crippen LogP contribution in [0.3, 0.4) is 0 Å². The van der Waals surface area contributed by atoms with Crippen LogP contribution in [0.2, 0.25) is 5.02 Å². The van der Waals surface area contributed by atoms with E-state index in [1.807, 2.05) is 11.9 Å². The van der Waals surface area contributed by atoms with Crippen molar-refractivity contribution in [3.63, 3.8) is 0 Å². The minimum Gasteiger partial charge on any atom is -0.382 e. The van der Waals surface area contributed by atoms with Crippen LogP contribution in [0.15, 0.2) is 6.33 Å². The maximum absolute atomic E-state index is 6.00. The summed E-state index contributed by atoms with van der Waals surface area (Å²) in [5.41, 5.74) is 5.60. The van der Waals surface area contributed by atoms with E-state index in [-0.39, 0.29) is 0 Å². The molecule has 1 heterocycles. The van der Waals surface area contributed by atoms with Crippen molar-refractivity contribution in [3.05, 3.63) is 11.3 Å². The van der Waals surface area contributed by atoms with Gasteiger partial charge in [0.1, 0.15) is 17.2 Å². The van der Waals surface area contributed by atoms with Gasteiger partial charge >= 0.3 is 0 Å². The largest absolute Gasteiger partial charge is 0.382 e. The highest BCUT2D eigenvalue weighted by molar-refractivity contribution is 6.35. The molecular weight excluding hydrogens is 200 g/mol. The van der Waals surface area contributed by atoms with Gasteiger partial charge in [0.05, 0.1) is 0 Å². The van der Waals surface area contributed by atoms with Crippen molar-refractivity contribution in [2.75, 3.05) is 24.2 Å². The number of nitrogens with zero attached hydrogens (tertiary/aromatic N) is 3. The minimum atomic E-state index is 0.347. The number of nitrogen functional groups attached to an aromatic ring is 1. The minimum absolute atomic E-state index is 0.347. The quantitative estimate of drug-likeness (QED) is 0.826. The van der Waals surface area contributed by atoms with Gasteiger partial charge in [0, 0.05) is 13.6 Å². The van der Waals surface area contributed by atoms with Crippen LogP contribution in [0.4, 0.5) is 11.6 Å². The van der Waals surface area contributed by atoms with Gasteiger partial charge < -0.3 is 10.6 Å². The molecule has 1 saturated carbocycles. The first kappa shape index (κ1) is 9.52. The van der Waals surface area contributed by atoms with Gasteiger partial charge in [-0.05, 0) is 18.8 Å². The van der Waals surface area contributed by atoms with Crippen molar-refractivity contribution in [1.82, 2.24) is 9.97 Å². The zero-order valence-corrected chi connectivity index (χ0v) is 8.83. The van der Waals surface area contributed by atoms with Gasteiger partial charge in [-0.2, -0.15) is 0 Å². The molecular formula is C9H13ClN4. The second kappa shape index (κ2) is 3.61. The topological polar surface area (TPSA) is 55.0 Å². The second-order valence-electron chi connectivity index (χ2n) is 3.72. The lowest BCUT2D eigenvalue weighted by atomic mass is 10.4. The van der Waals surface area contributed by atoms with Crippen LogP contribution in [0.1, 0.15) is 12.8 Å². The molecule has 0 bridgehead atoms. The number of aromatic nitrogens is 2. The molecule has 1 fully saturated rings. The molecule has 0 radical (unpaired) electrons. The number of hydrogen-bond donors (Lipinski definition) is 1. The van der Waals surface area contributed by atoms with Gasteiger partial charge in [0.25, 0.3) is 0 Å². The lowest BCUT2D eigenvalue weighted by Crippen LogP contribution is -2.21. The van der Waals surface area contributed by atoms with Crippen LogP contribution in [0, 0.1) is 5.92 Å². The summed E-state index contributed by atoms with van der Waals surface area (Å²) in [5.74, 6) is 1.87. The van der Waals surface area contributed by atoms with Crippen LogP contribution >= 0.6 is 11.6 Å². The van der Waals surface area contributed by atoms with Crippen LogP contribution in [-0.4, -0.2) is 23.6 Å². The molecule has 1 aliphatic carbocycles. The Bertz CT molecular complexity index is 338. The van der Waals surface area contributed by atoms with Crippen molar-refractivity contribution in [2.45, 2.75) is 12.8 Å². The van der Waals surface area contributed by atoms with Crippen molar-refractivity contribution < 1.29 is 0 Å². The summed E-state index contributed by atoms with van der Waals surface area (Å²) < 4.78 is 0.